The van der Waals surface area contributed by atoms with Gasteiger partial charge in [-0.2, -0.15) is 0 Å². The molecule has 0 atom stereocenters. The van der Waals surface area contributed by atoms with Crippen LogP contribution in [0.15, 0.2) is 48.5 Å². The zero-order valence-electron chi connectivity index (χ0n) is 13.3. The zero-order valence-corrected chi connectivity index (χ0v) is 13.3. The van der Waals surface area contributed by atoms with Crippen LogP contribution in [-0.4, -0.2) is 19.8 Å². The van der Waals surface area contributed by atoms with Crippen molar-refractivity contribution in [3.8, 4) is 11.5 Å². The van der Waals surface area contributed by atoms with E-state index in [1.807, 2.05) is 30.3 Å². The van der Waals surface area contributed by atoms with Crippen molar-refractivity contribution in [2.75, 3.05) is 19.8 Å². The molecule has 2 aromatic rings. The number of rotatable bonds is 9. The number of aryl methyl sites for hydroxylation is 1. The highest BCUT2D eigenvalue weighted by Gasteiger charge is 1.98. The van der Waals surface area contributed by atoms with E-state index in [4.69, 9.17) is 15.2 Å². The molecular formula is C19H25NO2. The largest absolute Gasteiger partial charge is 0.490 e. The fourth-order valence-electron chi connectivity index (χ4n) is 2.32. The van der Waals surface area contributed by atoms with E-state index in [-0.39, 0.29) is 0 Å². The van der Waals surface area contributed by atoms with Gasteiger partial charge in [0.2, 0.25) is 0 Å². The monoisotopic (exact) mass is 299 g/mol. The van der Waals surface area contributed by atoms with Crippen molar-refractivity contribution < 1.29 is 9.47 Å². The fourth-order valence-corrected chi connectivity index (χ4v) is 2.32. The number of benzene rings is 2. The normalized spacial score (nSPS) is 10.5. The number of hydrogen-bond acceptors (Lipinski definition) is 3. The Morgan fingerprint density at radius 2 is 1.55 bits per heavy atom. The van der Waals surface area contributed by atoms with Gasteiger partial charge in [0.1, 0.15) is 24.7 Å². The molecule has 2 aromatic carbocycles. The summed E-state index contributed by atoms with van der Waals surface area (Å²) in [7, 11) is 0. The molecule has 2 N–H and O–H groups in total. The molecule has 0 amide bonds. The molecule has 0 saturated carbocycles. The lowest BCUT2D eigenvalue weighted by Gasteiger charge is -2.10. The van der Waals surface area contributed by atoms with Crippen molar-refractivity contribution in [2.45, 2.75) is 26.2 Å². The van der Waals surface area contributed by atoms with Crippen LogP contribution in [0.4, 0.5) is 0 Å². The molecule has 0 fully saturated rings. The summed E-state index contributed by atoms with van der Waals surface area (Å²) in [5.74, 6) is 1.76. The zero-order chi connectivity index (χ0) is 15.6. The van der Waals surface area contributed by atoms with Crippen molar-refractivity contribution >= 4 is 0 Å². The maximum atomic E-state index is 5.71. The average molecular weight is 299 g/mol. The molecule has 0 radical (unpaired) electrons. The third-order valence-electron chi connectivity index (χ3n) is 3.41. The van der Waals surface area contributed by atoms with Gasteiger partial charge in [-0.1, -0.05) is 37.6 Å². The summed E-state index contributed by atoms with van der Waals surface area (Å²) in [4.78, 5) is 0. The molecule has 0 aliphatic heterocycles. The Morgan fingerprint density at radius 1 is 0.818 bits per heavy atom. The summed E-state index contributed by atoms with van der Waals surface area (Å²) in [5, 5.41) is 0. The average Bonchev–Trinajstić information content (AvgIpc) is 2.54. The Hall–Kier alpha value is -2.00. The van der Waals surface area contributed by atoms with Gasteiger partial charge in [-0.05, 0) is 54.8 Å². The van der Waals surface area contributed by atoms with Crippen LogP contribution >= 0.6 is 0 Å². The second-order valence-corrected chi connectivity index (χ2v) is 5.28. The van der Waals surface area contributed by atoms with Crippen LogP contribution < -0.4 is 15.2 Å². The lowest BCUT2D eigenvalue weighted by Crippen LogP contribution is -2.09. The van der Waals surface area contributed by atoms with E-state index < -0.39 is 0 Å². The Kier molecular flexibility index (Phi) is 6.78. The van der Waals surface area contributed by atoms with Crippen molar-refractivity contribution in [2.24, 2.45) is 5.73 Å². The van der Waals surface area contributed by atoms with Gasteiger partial charge in [0.05, 0.1) is 0 Å². The van der Waals surface area contributed by atoms with Crippen LogP contribution in [0.1, 0.15) is 24.5 Å². The maximum Gasteiger partial charge on any atom is 0.122 e. The molecule has 0 heterocycles. The second-order valence-electron chi connectivity index (χ2n) is 5.28. The molecule has 0 saturated heterocycles. The highest BCUT2D eigenvalue weighted by molar-refractivity contribution is 5.29. The van der Waals surface area contributed by atoms with Crippen molar-refractivity contribution in [3.63, 3.8) is 0 Å². The standard InChI is InChI=1S/C19H25NO2/c1-2-4-16-7-9-18(10-8-16)21-13-14-22-19-6-3-5-17(15-19)11-12-20/h3,5-10,15H,2,4,11-14,20H2,1H3. The van der Waals surface area contributed by atoms with Crippen LogP contribution in [0.25, 0.3) is 0 Å². The van der Waals surface area contributed by atoms with E-state index in [0.29, 0.717) is 19.8 Å². The minimum absolute atomic E-state index is 0.531. The number of nitrogens with two attached hydrogens (primary N) is 1. The van der Waals surface area contributed by atoms with Gasteiger partial charge < -0.3 is 15.2 Å². The first-order valence-electron chi connectivity index (χ1n) is 7.95. The van der Waals surface area contributed by atoms with E-state index in [1.165, 1.54) is 11.1 Å². The molecule has 0 unspecified atom stereocenters. The van der Waals surface area contributed by atoms with Gasteiger partial charge in [0.25, 0.3) is 0 Å². The summed E-state index contributed by atoms with van der Waals surface area (Å²) in [6.07, 6.45) is 3.15. The summed E-state index contributed by atoms with van der Waals surface area (Å²) >= 11 is 0. The second kappa shape index (κ2) is 9.11. The van der Waals surface area contributed by atoms with E-state index in [2.05, 4.69) is 25.1 Å². The van der Waals surface area contributed by atoms with Gasteiger partial charge >= 0.3 is 0 Å². The van der Waals surface area contributed by atoms with E-state index in [1.54, 1.807) is 0 Å². The highest BCUT2D eigenvalue weighted by Crippen LogP contribution is 2.15. The Morgan fingerprint density at radius 3 is 2.23 bits per heavy atom. The molecule has 0 bridgehead atoms. The predicted octanol–water partition coefficient (Wildman–Crippen LogP) is 3.60. The summed E-state index contributed by atoms with van der Waals surface area (Å²) in [6.45, 7) is 3.90. The van der Waals surface area contributed by atoms with Crippen molar-refractivity contribution in [1.82, 2.24) is 0 Å². The van der Waals surface area contributed by atoms with Gasteiger partial charge in [0, 0.05) is 0 Å². The quantitative estimate of drug-likeness (QED) is 0.720. The van der Waals surface area contributed by atoms with Gasteiger partial charge in [0.15, 0.2) is 0 Å². The van der Waals surface area contributed by atoms with Gasteiger partial charge in [-0.25, -0.2) is 0 Å². The van der Waals surface area contributed by atoms with Crippen LogP contribution in [0.2, 0.25) is 0 Å². The van der Waals surface area contributed by atoms with Crippen LogP contribution in [-0.2, 0) is 12.8 Å². The lowest BCUT2D eigenvalue weighted by atomic mass is 10.1. The molecular weight excluding hydrogens is 274 g/mol. The van der Waals surface area contributed by atoms with E-state index in [9.17, 15) is 0 Å². The van der Waals surface area contributed by atoms with Crippen molar-refractivity contribution in [1.29, 1.82) is 0 Å². The molecule has 2 rings (SSSR count). The minimum atomic E-state index is 0.531. The summed E-state index contributed by atoms with van der Waals surface area (Å²) in [5.41, 5.74) is 8.12. The van der Waals surface area contributed by atoms with Crippen LogP contribution in [0, 0.1) is 0 Å². The number of hydrogen-bond donors (Lipinski definition) is 1. The smallest absolute Gasteiger partial charge is 0.122 e. The first kappa shape index (κ1) is 16.4. The van der Waals surface area contributed by atoms with Gasteiger partial charge in [-0.15, -0.1) is 0 Å². The molecule has 0 aliphatic rings. The highest BCUT2D eigenvalue weighted by atomic mass is 16.5. The Balaban J connectivity index is 1.73. The lowest BCUT2D eigenvalue weighted by molar-refractivity contribution is 0.217. The number of ether oxygens (including phenoxy) is 2. The molecule has 22 heavy (non-hydrogen) atoms. The van der Waals surface area contributed by atoms with Crippen molar-refractivity contribution in [3.05, 3.63) is 59.7 Å². The maximum absolute atomic E-state index is 5.71. The van der Waals surface area contributed by atoms with E-state index in [0.717, 1.165) is 30.8 Å². The Labute approximate surface area is 133 Å². The Bertz CT molecular complexity index is 552. The summed E-state index contributed by atoms with van der Waals surface area (Å²) < 4.78 is 11.4. The fraction of sp³-hybridized carbons (Fsp3) is 0.368. The van der Waals surface area contributed by atoms with Gasteiger partial charge in [-0.3, -0.25) is 0 Å². The predicted molar refractivity (Wildman–Crippen MR) is 90.6 cm³/mol. The molecule has 0 aromatic heterocycles. The topological polar surface area (TPSA) is 44.5 Å². The molecule has 3 heteroatoms. The first-order chi connectivity index (χ1) is 10.8. The SMILES string of the molecule is CCCc1ccc(OCCOc2cccc(CCN)c2)cc1. The third-order valence-corrected chi connectivity index (χ3v) is 3.41. The van der Waals surface area contributed by atoms with Crippen LogP contribution in [0.5, 0.6) is 11.5 Å². The van der Waals surface area contributed by atoms with E-state index >= 15 is 0 Å². The summed E-state index contributed by atoms with van der Waals surface area (Å²) in [6, 6.07) is 16.3. The molecule has 118 valence electrons. The molecule has 3 nitrogen and oxygen atoms in total. The molecule has 0 aliphatic carbocycles. The first-order valence-corrected chi connectivity index (χ1v) is 7.95. The molecule has 0 spiro atoms. The third kappa shape index (κ3) is 5.41. The minimum Gasteiger partial charge on any atom is -0.490 e. The van der Waals surface area contributed by atoms with Crippen LogP contribution in [0.3, 0.4) is 0 Å².